The number of rotatable bonds is 4. The summed E-state index contributed by atoms with van der Waals surface area (Å²) in [6.07, 6.45) is 5.24. The Morgan fingerprint density at radius 3 is 2.70 bits per heavy atom. The lowest BCUT2D eigenvalue weighted by molar-refractivity contribution is -0.140. The van der Waals surface area contributed by atoms with E-state index in [1.165, 1.54) is 0 Å². The monoisotopic (exact) mass is 282 g/mol. The number of nitrogens with zero attached hydrogens (tertiary/aromatic N) is 1. The zero-order valence-corrected chi connectivity index (χ0v) is 12.3. The maximum absolute atomic E-state index is 12.4. The lowest BCUT2D eigenvalue weighted by Gasteiger charge is -2.35. The summed E-state index contributed by atoms with van der Waals surface area (Å²) in [5.41, 5.74) is 0. The number of piperidine rings is 1. The van der Waals surface area contributed by atoms with Crippen LogP contribution >= 0.6 is 0 Å². The van der Waals surface area contributed by atoms with Gasteiger partial charge in [0.05, 0.1) is 12.0 Å². The van der Waals surface area contributed by atoms with Crippen LogP contribution in [0.1, 0.15) is 51.9 Å². The van der Waals surface area contributed by atoms with Gasteiger partial charge in [-0.05, 0) is 38.5 Å². The van der Waals surface area contributed by atoms with Crippen LogP contribution in [-0.4, -0.2) is 47.1 Å². The zero-order valence-electron chi connectivity index (χ0n) is 12.3. The van der Waals surface area contributed by atoms with Crippen LogP contribution in [-0.2, 0) is 9.59 Å². The second-order valence-electron chi connectivity index (χ2n) is 6.05. The summed E-state index contributed by atoms with van der Waals surface area (Å²) < 4.78 is 0. The molecule has 5 nitrogen and oxygen atoms in total. The van der Waals surface area contributed by atoms with Gasteiger partial charge in [0.2, 0.25) is 11.8 Å². The zero-order chi connectivity index (χ0) is 14.5. The number of hydrogen-bond donors (Lipinski definition) is 2. The molecule has 3 unspecified atom stereocenters. The summed E-state index contributed by atoms with van der Waals surface area (Å²) in [5.74, 6) is -0.0720. The van der Waals surface area contributed by atoms with E-state index in [2.05, 4.69) is 5.32 Å². The van der Waals surface area contributed by atoms with Crippen molar-refractivity contribution in [1.29, 1.82) is 0 Å². The number of hydrogen-bond acceptors (Lipinski definition) is 3. The standard InChI is InChI=1S/C15H26N2O3/c1-2-5-14(19)16-11-6-4-9-17(10-11)15(20)12-7-3-8-13(12)18/h11-13,18H,2-10H2,1H3,(H,16,19). The van der Waals surface area contributed by atoms with Gasteiger partial charge in [0, 0.05) is 25.6 Å². The highest BCUT2D eigenvalue weighted by Gasteiger charge is 2.36. The maximum Gasteiger partial charge on any atom is 0.228 e. The molecule has 0 bridgehead atoms. The third-order valence-electron chi connectivity index (χ3n) is 4.37. The normalized spacial score (nSPS) is 30.3. The number of likely N-dealkylation sites (tertiary alicyclic amines) is 1. The minimum atomic E-state index is -0.474. The van der Waals surface area contributed by atoms with Gasteiger partial charge in [-0.25, -0.2) is 0 Å². The predicted octanol–water partition coefficient (Wildman–Crippen LogP) is 1.05. The van der Waals surface area contributed by atoms with Gasteiger partial charge in [-0.3, -0.25) is 9.59 Å². The Balaban J connectivity index is 1.86. The molecule has 2 amide bonds. The first-order chi connectivity index (χ1) is 9.61. The van der Waals surface area contributed by atoms with Crippen molar-refractivity contribution >= 4 is 11.8 Å². The minimum absolute atomic E-state index is 0.0736. The molecule has 1 saturated heterocycles. The molecular formula is C15H26N2O3. The number of carbonyl (C=O) groups is 2. The average Bonchev–Trinajstić information content (AvgIpc) is 2.84. The van der Waals surface area contributed by atoms with Crippen molar-refractivity contribution in [2.24, 2.45) is 5.92 Å². The van der Waals surface area contributed by atoms with E-state index in [1.54, 1.807) is 0 Å². The molecule has 1 saturated carbocycles. The molecule has 20 heavy (non-hydrogen) atoms. The molecule has 1 heterocycles. The molecule has 2 N–H and O–H groups in total. The van der Waals surface area contributed by atoms with Crippen molar-refractivity contribution in [1.82, 2.24) is 10.2 Å². The number of carbonyl (C=O) groups excluding carboxylic acids is 2. The maximum atomic E-state index is 12.4. The highest BCUT2D eigenvalue weighted by atomic mass is 16.3. The first-order valence-electron chi connectivity index (χ1n) is 7.88. The van der Waals surface area contributed by atoms with Crippen LogP contribution in [0.5, 0.6) is 0 Å². The molecule has 1 aliphatic heterocycles. The van der Waals surface area contributed by atoms with E-state index in [0.717, 1.165) is 45.1 Å². The van der Waals surface area contributed by atoms with E-state index in [4.69, 9.17) is 0 Å². The topological polar surface area (TPSA) is 69.6 Å². The van der Waals surface area contributed by atoms with E-state index < -0.39 is 6.10 Å². The second kappa shape index (κ2) is 7.07. The van der Waals surface area contributed by atoms with Gasteiger partial charge >= 0.3 is 0 Å². The summed E-state index contributed by atoms with van der Waals surface area (Å²) in [6.45, 7) is 3.33. The average molecular weight is 282 g/mol. The van der Waals surface area contributed by atoms with Crippen LogP contribution in [0.25, 0.3) is 0 Å². The third kappa shape index (κ3) is 3.72. The van der Waals surface area contributed by atoms with E-state index in [9.17, 15) is 14.7 Å². The van der Waals surface area contributed by atoms with Crippen molar-refractivity contribution in [3.63, 3.8) is 0 Å². The molecule has 2 aliphatic rings. The van der Waals surface area contributed by atoms with Crippen molar-refractivity contribution in [2.75, 3.05) is 13.1 Å². The Morgan fingerprint density at radius 2 is 2.05 bits per heavy atom. The van der Waals surface area contributed by atoms with E-state index in [1.807, 2.05) is 11.8 Å². The van der Waals surface area contributed by atoms with Crippen LogP contribution in [0.3, 0.4) is 0 Å². The van der Waals surface area contributed by atoms with Crippen molar-refractivity contribution in [2.45, 2.75) is 64.0 Å². The Kier molecular flexibility index (Phi) is 5.40. The minimum Gasteiger partial charge on any atom is -0.392 e. The van der Waals surface area contributed by atoms with Crippen molar-refractivity contribution in [3.05, 3.63) is 0 Å². The molecule has 1 aliphatic carbocycles. The largest absolute Gasteiger partial charge is 0.392 e. The number of amides is 2. The summed E-state index contributed by atoms with van der Waals surface area (Å²) in [4.78, 5) is 25.9. The Labute approximate surface area is 120 Å². The predicted molar refractivity (Wildman–Crippen MR) is 76.0 cm³/mol. The van der Waals surface area contributed by atoms with Crippen LogP contribution in [0.15, 0.2) is 0 Å². The first-order valence-corrected chi connectivity index (χ1v) is 7.88. The smallest absolute Gasteiger partial charge is 0.228 e. The Morgan fingerprint density at radius 1 is 1.25 bits per heavy atom. The summed E-state index contributed by atoms with van der Waals surface area (Å²) in [7, 11) is 0. The highest BCUT2D eigenvalue weighted by Crippen LogP contribution is 2.28. The fraction of sp³-hybridized carbons (Fsp3) is 0.867. The van der Waals surface area contributed by atoms with Crippen LogP contribution in [0.2, 0.25) is 0 Å². The third-order valence-corrected chi connectivity index (χ3v) is 4.37. The van der Waals surface area contributed by atoms with Crippen LogP contribution in [0.4, 0.5) is 0 Å². The second-order valence-corrected chi connectivity index (χ2v) is 6.05. The number of aliphatic hydroxyl groups excluding tert-OH is 1. The molecule has 0 aromatic heterocycles. The summed E-state index contributed by atoms with van der Waals surface area (Å²) >= 11 is 0. The molecule has 2 rings (SSSR count). The van der Waals surface area contributed by atoms with E-state index >= 15 is 0 Å². The fourth-order valence-corrected chi connectivity index (χ4v) is 3.29. The van der Waals surface area contributed by atoms with Crippen molar-refractivity contribution < 1.29 is 14.7 Å². The van der Waals surface area contributed by atoms with Crippen LogP contribution < -0.4 is 5.32 Å². The van der Waals surface area contributed by atoms with E-state index in [-0.39, 0.29) is 23.8 Å². The van der Waals surface area contributed by atoms with Gasteiger partial charge in [0.25, 0.3) is 0 Å². The van der Waals surface area contributed by atoms with Gasteiger partial charge in [-0.15, -0.1) is 0 Å². The van der Waals surface area contributed by atoms with Crippen LogP contribution in [0, 0.1) is 5.92 Å². The molecular weight excluding hydrogens is 256 g/mol. The summed E-state index contributed by atoms with van der Waals surface area (Å²) in [5, 5.41) is 12.9. The molecule has 0 aromatic carbocycles. The van der Waals surface area contributed by atoms with Gasteiger partial charge in [0.15, 0.2) is 0 Å². The number of aliphatic hydroxyl groups is 1. The van der Waals surface area contributed by atoms with Gasteiger partial charge < -0.3 is 15.3 Å². The lowest BCUT2D eigenvalue weighted by atomic mass is 10.00. The molecule has 0 spiro atoms. The molecule has 3 atom stereocenters. The number of nitrogens with one attached hydrogen (secondary N) is 1. The van der Waals surface area contributed by atoms with Crippen molar-refractivity contribution in [3.8, 4) is 0 Å². The first kappa shape index (κ1) is 15.3. The molecule has 0 aromatic rings. The fourth-order valence-electron chi connectivity index (χ4n) is 3.29. The van der Waals surface area contributed by atoms with Gasteiger partial charge in [-0.2, -0.15) is 0 Å². The van der Waals surface area contributed by atoms with Gasteiger partial charge in [0.1, 0.15) is 0 Å². The molecule has 114 valence electrons. The molecule has 0 radical (unpaired) electrons. The molecule has 5 heteroatoms. The Hall–Kier alpha value is -1.10. The lowest BCUT2D eigenvalue weighted by Crippen LogP contribution is -2.51. The SMILES string of the molecule is CCCC(=O)NC1CCCN(C(=O)C2CCCC2O)C1. The van der Waals surface area contributed by atoms with E-state index in [0.29, 0.717) is 13.0 Å². The quantitative estimate of drug-likeness (QED) is 0.810. The highest BCUT2D eigenvalue weighted by molar-refractivity contribution is 5.80. The Bertz CT molecular complexity index is 359. The molecule has 2 fully saturated rings. The summed E-state index contributed by atoms with van der Waals surface area (Å²) in [6, 6.07) is 0.0743. The van der Waals surface area contributed by atoms with Gasteiger partial charge in [-0.1, -0.05) is 6.92 Å².